The molecule has 1 saturated heterocycles. The van der Waals surface area contributed by atoms with Gasteiger partial charge in [0.2, 0.25) is 0 Å². The molecule has 1 aromatic carbocycles. The highest BCUT2D eigenvalue weighted by molar-refractivity contribution is 6.30. The fourth-order valence-corrected chi connectivity index (χ4v) is 3.87. The van der Waals surface area contributed by atoms with E-state index in [1.54, 1.807) is 4.68 Å². The Morgan fingerprint density at radius 2 is 1.93 bits per heavy atom. The number of ether oxygens (including phenoxy) is 1. The summed E-state index contributed by atoms with van der Waals surface area (Å²) in [5.74, 6) is 1.47. The molecule has 2 aromatic rings. The van der Waals surface area contributed by atoms with Crippen molar-refractivity contribution in [2.24, 2.45) is 13.0 Å². The summed E-state index contributed by atoms with van der Waals surface area (Å²) in [6, 6.07) is 7.61. The quantitative estimate of drug-likeness (QED) is 0.691. The molecule has 6 nitrogen and oxygen atoms in total. The molecule has 0 aliphatic carbocycles. The monoisotopic (exact) mass is 418 g/mol. The van der Waals surface area contributed by atoms with E-state index in [1.807, 2.05) is 43.1 Å². The average Bonchev–Trinajstić information content (AvgIpc) is 3.03. The molecule has 7 heteroatoms. The van der Waals surface area contributed by atoms with Gasteiger partial charge in [-0.2, -0.15) is 5.10 Å². The van der Waals surface area contributed by atoms with Crippen molar-refractivity contribution in [1.29, 1.82) is 0 Å². The van der Waals surface area contributed by atoms with Crippen LogP contribution in [0.5, 0.6) is 5.75 Å². The summed E-state index contributed by atoms with van der Waals surface area (Å²) >= 11 is 5.99. The molecule has 2 heterocycles. The zero-order chi connectivity index (χ0) is 21.0. The van der Waals surface area contributed by atoms with Gasteiger partial charge in [0.25, 0.3) is 5.91 Å². The predicted octanol–water partition coefficient (Wildman–Crippen LogP) is 3.42. The second kappa shape index (κ2) is 9.63. The van der Waals surface area contributed by atoms with E-state index in [4.69, 9.17) is 16.3 Å². The number of halogens is 1. The van der Waals surface area contributed by atoms with E-state index in [2.05, 4.69) is 23.8 Å². The van der Waals surface area contributed by atoms with Gasteiger partial charge in [-0.05, 0) is 49.1 Å². The third-order valence-corrected chi connectivity index (χ3v) is 5.46. The van der Waals surface area contributed by atoms with E-state index >= 15 is 0 Å². The van der Waals surface area contributed by atoms with Crippen LogP contribution in [0.1, 0.15) is 35.6 Å². The highest BCUT2D eigenvalue weighted by Crippen LogP contribution is 2.21. The van der Waals surface area contributed by atoms with Crippen molar-refractivity contribution in [3.8, 4) is 5.75 Å². The maximum absolute atomic E-state index is 12.9. The smallest absolute Gasteiger partial charge is 0.272 e. The van der Waals surface area contributed by atoms with Gasteiger partial charge in [0, 0.05) is 44.8 Å². The van der Waals surface area contributed by atoms with Crippen LogP contribution in [0.2, 0.25) is 5.02 Å². The zero-order valence-corrected chi connectivity index (χ0v) is 18.6. The maximum atomic E-state index is 12.9. The summed E-state index contributed by atoms with van der Waals surface area (Å²) in [5.41, 5.74) is 2.70. The van der Waals surface area contributed by atoms with Crippen molar-refractivity contribution in [2.75, 3.05) is 39.3 Å². The maximum Gasteiger partial charge on any atom is 0.272 e. The molecule has 1 aliphatic rings. The summed E-state index contributed by atoms with van der Waals surface area (Å²) in [5, 5.41) is 5.22. The van der Waals surface area contributed by atoms with Crippen LogP contribution in [0.25, 0.3) is 0 Å². The van der Waals surface area contributed by atoms with Gasteiger partial charge in [0.1, 0.15) is 18.1 Å². The summed E-state index contributed by atoms with van der Waals surface area (Å²) in [6.07, 6.45) is 0.891. The lowest BCUT2D eigenvalue weighted by molar-refractivity contribution is 0.0609. The van der Waals surface area contributed by atoms with Gasteiger partial charge in [0.05, 0.1) is 5.69 Å². The lowest BCUT2D eigenvalue weighted by Gasteiger charge is -2.34. The van der Waals surface area contributed by atoms with Crippen LogP contribution in [-0.2, 0) is 13.5 Å². The van der Waals surface area contributed by atoms with E-state index in [9.17, 15) is 4.79 Å². The van der Waals surface area contributed by atoms with Crippen LogP contribution in [0.3, 0.4) is 0 Å². The van der Waals surface area contributed by atoms with Crippen LogP contribution >= 0.6 is 11.6 Å². The Morgan fingerprint density at radius 3 is 2.59 bits per heavy atom. The van der Waals surface area contributed by atoms with Crippen LogP contribution in [0.15, 0.2) is 24.3 Å². The predicted molar refractivity (Wildman–Crippen MR) is 116 cm³/mol. The Balaban J connectivity index is 1.46. The number of carbonyl (C=O) groups is 1. The minimum Gasteiger partial charge on any atom is -0.492 e. The molecule has 0 radical (unpaired) electrons. The van der Waals surface area contributed by atoms with Gasteiger partial charge in [-0.3, -0.25) is 14.4 Å². The summed E-state index contributed by atoms with van der Waals surface area (Å²) in [4.78, 5) is 17.2. The second-order valence-electron chi connectivity index (χ2n) is 8.13. The van der Waals surface area contributed by atoms with Gasteiger partial charge < -0.3 is 9.64 Å². The van der Waals surface area contributed by atoms with Crippen LogP contribution in [0, 0.1) is 12.8 Å². The van der Waals surface area contributed by atoms with Crippen molar-refractivity contribution < 1.29 is 9.53 Å². The number of benzene rings is 1. The van der Waals surface area contributed by atoms with Gasteiger partial charge in [-0.15, -0.1) is 0 Å². The lowest BCUT2D eigenvalue weighted by atomic mass is 10.1. The number of hydrogen-bond acceptors (Lipinski definition) is 4. The molecule has 0 unspecified atom stereocenters. The van der Waals surface area contributed by atoms with Crippen LogP contribution in [0.4, 0.5) is 0 Å². The number of aryl methyl sites for hydroxylation is 2. The molecular weight excluding hydrogens is 388 g/mol. The van der Waals surface area contributed by atoms with Crippen molar-refractivity contribution in [3.63, 3.8) is 0 Å². The Bertz CT molecular complexity index is 841. The molecule has 1 aromatic heterocycles. The summed E-state index contributed by atoms with van der Waals surface area (Å²) < 4.78 is 7.61. The third-order valence-electron chi connectivity index (χ3n) is 5.23. The Kier molecular flexibility index (Phi) is 7.19. The van der Waals surface area contributed by atoms with E-state index in [1.165, 1.54) is 0 Å². The normalized spacial score (nSPS) is 15.2. The number of nitrogens with zero attached hydrogens (tertiary/aromatic N) is 4. The summed E-state index contributed by atoms with van der Waals surface area (Å²) in [6.45, 7) is 10.9. The van der Waals surface area contributed by atoms with Crippen molar-refractivity contribution in [2.45, 2.75) is 27.2 Å². The first kappa shape index (κ1) is 21.7. The van der Waals surface area contributed by atoms with E-state index < -0.39 is 0 Å². The van der Waals surface area contributed by atoms with Crippen molar-refractivity contribution in [3.05, 3.63) is 46.2 Å². The van der Waals surface area contributed by atoms with E-state index in [0.29, 0.717) is 18.2 Å². The number of rotatable bonds is 7. The highest BCUT2D eigenvalue weighted by atomic mass is 35.5. The molecule has 29 heavy (non-hydrogen) atoms. The molecule has 1 amide bonds. The molecule has 0 spiro atoms. The molecule has 0 bridgehead atoms. The molecule has 0 N–H and O–H groups in total. The zero-order valence-electron chi connectivity index (χ0n) is 17.8. The third kappa shape index (κ3) is 5.73. The standard InChI is InChI=1S/C22H31ClN4O2/c1-16(2)13-19-15-20(25(4)24-19)22(28)27-9-7-26(8-10-27)11-12-29-21-6-5-18(23)14-17(21)3/h5-6,14-16H,7-13H2,1-4H3. The van der Waals surface area contributed by atoms with Crippen LogP contribution in [-0.4, -0.2) is 64.8 Å². The Hall–Kier alpha value is -2.05. The molecule has 3 rings (SSSR count). The first-order valence-corrected chi connectivity index (χ1v) is 10.6. The largest absolute Gasteiger partial charge is 0.492 e. The highest BCUT2D eigenvalue weighted by Gasteiger charge is 2.24. The number of amides is 1. The van der Waals surface area contributed by atoms with Gasteiger partial charge >= 0.3 is 0 Å². The fourth-order valence-electron chi connectivity index (χ4n) is 3.64. The molecule has 158 valence electrons. The second-order valence-corrected chi connectivity index (χ2v) is 8.57. The number of aromatic nitrogens is 2. The van der Waals surface area contributed by atoms with Gasteiger partial charge in [-0.1, -0.05) is 25.4 Å². The molecule has 1 fully saturated rings. The van der Waals surface area contributed by atoms with Crippen LogP contribution < -0.4 is 4.74 Å². The number of carbonyl (C=O) groups excluding carboxylic acids is 1. The molecule has 0 saturated carbocycles. The van der Waals surface area contributed by atoms with Gasteiger partial charge in [0.15, 0.2) is 0 Å². The van der Waals surface area contributed by atoms with Crippen molar-refractivity contribution >= 4 is 17.5 Å². The first-order valence-electron chi connectivity index (χ1n) is 10.3. The molecular formula is C22H31ClN4O2. The first-order chi connectivity index (χ1) is 13.8. The average molecular weight is 419 g/mol. The Labute approximate surface area is 178 Å². The SMILES string of the molecule is Cc1cc(Cl)ccc1OCCN1CCN(C(=O)c2cc(CC(C)C)nn2C)CC1. The minimum atomic E-state index is 0.0719. The molecule has 1 aliphatic heterocycles. The lowest BCUT2D eigenvalue weighted by Crippen LogP contribution is -2.49. The summed E-state index contributed by atoms with van der Waals surface area (Å²) in [7, 11) is 1.85. The number of hydrogen-bond donors (Lipinski definition) is 0. The Morgan fingerprint density at radius 1 is 1.21 bits per heavy atom. The number of piperazine rings is 1. The topological polar surface area (TPSA) is 50.6 Å². The van der Waals surface area contributed by atoms with Gasteiger partial charge in [-0.25, -0.2) is 0 Å². The van der Waals surface area contributed by atoms with E-state index in [0.717, 1.165) is 61.2 Å². The van der Waals surface area contributed by atoms with E-state index in [-0.39, 0.29) is 5.91 Å². The minimum absolute atomic E-state index is 0.0719. The molecule has 0 atom stereocenters. The fraction of sp³-hybridized carbons (Fsp3) is 0.545. The van der Waals surface area contributed by atoms with Crippen molar-refractivity contribution in [1.82, 2.24) is 19.6 Å².